The van der Waals surface area contributed by atoms with Crippen molar-refractivity contribution in [3.8, 4) is 0 Å². The van der Waals surface area contributed by atoms with Gasteiger partial charge in [-0.05, 0) is 39.7 Å². The summed E-state index contributed by atoms with van der Waals surface area (Å²) >= 11 is 0. The quantitative estimate of drug-likeness (QED) is 0.748. The molecule has 1 aromatic heterocycles. The summed E-state index contributed by atoms with van der Waals surface area (Å²) in [4.78, 5) is 11.5. The van der Waals surface area contributed by atoms with Crippen LogP contribution in [0.1, 0.15) is 32.8 Å². The van der Waals surface area contributed by atoms with E-state index in [4.69, 9.17) is 0 Å². The van der Waals surface area contributed by atoms with E-state index >= 15 is 0 Å². The van der Waals surface area contributed by atoms with E-state index in [9.17, 15) is 9.00 Å². The summed E-state index contributed by atoms with van der Waals surface area (Å²) in [6, 6.07) is -0.211. The molecule has 1 aromatic rings. The third kappa shape index (κ3) is 7.27. The summed E-state index contributed by atoms with van der Waals surface area (Å²) in [7, 11) is -0.938. The average molecular weight is 314 g/mol. The van der Waals surface area contributed by atoms with Gasteiger partial charge in [-0.25, -0.2) is 4.79 Å². The molecule has 0 bridgehead atoms. The van der Waals surface area contributed by atoms with Crippen molar-refractivity contribution in [2.45, 2.75) is 45.4 Å². The molecule has 0 aliphatic carbocycles. The van der Waals surface area contributed by atoms with Crippen LogP contribution < -0.4 is 10.6 Å². The zero-order valence-corrected chi connectivity index (χ0v) is 14.1. The van der Waals surface area contributed by atoms with Gasteiger partial charge in [0.25, 0.3) is 0 Å². The van der Waals surface area contributed by atoms with Gasteiger partial charge in [0.2, 0.25) is 0 Å². The predicted molar refractivity (Wildman–Crippen MR) is 85.7 cm³/mol. The van der Waals surface area contributed by atoms with E-state index in [2.05, 4.69) is 15.7 Å². The summed E-state index contributed by atoms with van der Waals surface area (Å²) in [5, 5.41) is 9.68. The highest BCUT2D eigenvalue weighted by Crippen LogP contribution is 2.10. The Morgan fingerprint density at radius 2 is 2.00 bits per heavy atom. The maximum atomic E-state index is 11.8. The molecule has 0 aliphatic rings. The number of hydrogen-bond acceptors (Lipinski definition) is 3. The average Bonchev–Trinajstić information content (AvgIpc) is 2.79. The third-order valence-corrected chi connectivity index (χ3v) is 4.81. The normalized spacial score (nSPS) is 13.0. The van der Waals surface area contributed by atoms with E-state index in [-0.39, 0.29) is 10.8 Å². The number of urea groups is 1. The number of amides is 2. The van der Waals surface area contributed by atoms with Gasteiger partial charge >= 0.3 is 6.03 Å². The molecule has 0 spiro atoms. The molecule has 120 valence electrons. The van der Waals surface area contributed by atoms with Crippen LogP contribution in [0.4, 0.5) is 4.79 Å². The summed E-state index contributed by atoms with van der Waals surface area (Å²) < 4.78 is 13.4. The Morgan fingerprint density at radius 3 is 2.57 bits per heavy atom. The van der Waals surface area contributed by atoms with Crippen molar-refractivity contribution < 1.29 is 9.00 Å². The maximum absolute atomic E-state index is 11.8. The minimum absolute atomic E-state index is 0.211. The van der Waals surface area contributed by atoms with Crippen LogP contribution in [0.3, 0.4) is 0 Å². The molecule has 1 heterocycles. The molecule has 6 nitrogen and oxygen atoms in total. The van der Waals surface area contributed by atoms with Gasteiger partial charge in [-0.2, -0.15) is 5.10 Å². The number of aromatic nitrogens is 2. The van der Waals surface area contributed by atoms with Crippen molar-refractivity contribution in [3.63, 3.8) is 0 Å². The second-order valence-corrected chi connectivity index (χ2v) is 8.30. The molecule has 0 radical (unpaired) electrons. The maximum Gasteiger partial charge on any atom is 0.314 e. The molecular formula is C14H26N4O2S. The molecule has 7 heteroatoms. The number of nitrogens with zero attached hydrogens (tertiary/aromatic N) is 2. The van der Waals surface area contributed by atoms with E-state index in [0.717, 1.165) is 18.5 Å². The summed E-state index contributed by atoms with van der Waals surface area (Å²) in [6.45, 7) is 9.58. The molecule has 0 aromatic carbocycles. The standard InChI is InChI=1S/C14H26N4O2S/c1-12-10-17-18(11-12)8-5-6-15-13(19)16-7-9-21(20)14(2,3)4/h10-11H,5-9H2,1-4H3,(H2,15,16,19)/t21-/m1/s1. The molecule has 2 amide bonds. The molecule has 1 rings (SSSR count). The number of aryl methyl sites for hydroxylation is 2. The van der Waals surface area contributed by atoms with Crippen molar-refractivity contribution in [2.24, 2.45) is 0 Å². The Hall–Kier alpha value is -1.37. The van der Waals surface area contributed by atoms with E-state index in [1.165, 1.54) is 0 Å². The van der Waals surface area contributed by atoms with Crippen LogP contribution in [0.5, 0.6) is 0 Å². The van der Waals surface area contributed by atoms with Gasteiger partial charge in [0.15, 0.2) is 0 Å². The topological polar surface area (TPSA) is 76.0 Å². The predicted octanol–water partition coefficient (Wildman–Crippen LogP) is 1.43. The highest BCUT2D eigenvalue weighted by molar-refractivity contribution is 7.86. The van der Waals surface area contributed by atoms with Crippen molar-refractivity contribution in [1.29, 1.82) is 0 Å². The van der Waals surface area contributed by atoms with Gasteiger partial charge < -0.3 is 10.6 Å². The van der Waals surface area contributed by atoms with Gasteiger partial charge in [0.05, 0.1) is 6.20 Å². The summed E-state index contributed by atoms with van der Waals surface area (Å²) in [5.41, 5.74) is 1.13. The molecule has 0 saturated carbocycles. The van der Waals surface area contributed by atoms with Gasteiger partial charge in [-0.15, -0.1) is 0 Å². The Labute approximate surface area is 129 Å². The van der Waals surface area contributed by atoms with Crippen LogP contribution in [0.2, 0.25) is 0 Å². The van der Waals surface area contributed by atoms with Crippen LogP contribution in [0.25, 0.3) is 0 Å². The van der Waals surface area contributed by atoms with Crippen LogP contribution >= 0.6 is 0 Å². The fraction of sp³-hybridized carbons (Fsp3) is 0.714. The van der Waals surface area contributed by atoms with Gasteiger partial charge in [-0.3, -0.25) is 8.89 Å². The molecule has 0 unspecified atom stereocenters. The zero-order valence-electron chi connectivity index (χ0n) is 13.3. The first-order valence-corrected chi connectivity index (χ1v) is 8.50. The van der Waals surface area contributed by atoms with Gasteiger partial charge in [0, 0.05) is 47.1 Å². The Kier molecular flexibility index (Phi) is 6.87. The Bertz CT molecular complexity index is 480. The van der Waals surface area contributed by atoms with Crippen molar-refractivity contribution in [3.05, 3.63) is 18.0 Å². The molecule has 1 atom stereocenters. The highest BCUT2D eigenvalue weighted by Gasteiger charge is 2.18. The van der Waals surface area contributed by atoms with Gasteiger partial charge in [0.1, 0.15) is 0 Å². The largest absolute Gasteiger partial charge is 0.338 e. The summed E-state index contributed by atoms with van der Waals surface area (Å²) in [5.74, 6) is 0.476. The first kappa shape index (κ1) is 17.7. The lowest BCUT2D eigenvalue weighted by molar-refractivity contribution is 0.241. The van der Waals surface area contributed by atoms with Crippen LogP contribution in [-0.4, -0.2) is 43.6 Å². The Morgan fingerprint density at radius 1 is 1.33 bits per heavy atom. The first-order chi connectivity index (χ1) is 9.79. The van der Waals surface area contributed by atoms with Gasteiger partial charge in [-0.1, -0.05) is 0 Å². The van der Waals surface area contributed by atoms with Crippen LogP contribution in [-0.2, 0) is 17.3 Å². The van der Waals surface area contributed by atoms with E-state index in [1.54, 1.807) is 0 Å². The fourth-order valence-corrected chi connectivity index (χ4v) is 2.56. The first-order valence-electron chi connectivity index (χ1n) is 7.18. The smallest absolute Gasteiger partial charge is 0.314 e. The minimum atomic E-state index is -0.938. The monoisotopic (exact) mass is 314 g/mol. The SMILES string of the molecule is Cc1cnn(CCCNC(=O)NCC[S@@](=O)C(C)(C)C)c1. The molecule has 0 saturated heterocycles. The molecule has 21 heavy (non-hydrogen) atoms. The molecular weight excluding hydrogens is 288 g/mol. The number of hydrogen-bond donors (Lipinski definition) is 2. The number of carbonyl (C=O) groups is 1. The highest BCUT2D eigenvalue weighted by atomic mass is 32.2. The lowest BCUT2D eigenvalue weighted by Gasteiger charge is -2.17. The van der Waals surface area contributed by atoms with Crippen LogP contribution in [0, 0.1) is 6.92 Å². The minimum Gasteiger partial charge on any atom is -0.338 e. The zero-order chi connectivity index (χ0) is 15.9. The molecule has 0 aliphatic heterocycles. The second kappa shape index (κ2) is 8.17. The van der Waals surface area contributed by atoms with Crippen molar-refractivity contribution in [1.82, 2.24) is 20.4 Å². The van der Waals surface area contributed by atoms with E-state index in [1.807, 2.05) is 44.8 Å². The number of nitrogens with one attached hydrogen (secondary N) is 2. The van der Waals surface area contributed by atoms with Crippen molar-refractivity contribution in [2.75, 3.05) is 18.8 Å². The molecule has 2 N–H and O–H groups in total. The summed E-state index contributed by atoms with van der Waals surface area (Å²) in [6.07, 6.45) is 4.61. The number of carbonyl (C=O) groups excluding carboxylic acids is 1. The third-order valence-electron chi connectivity index (χ3n) is 2.87. The van der Waals surface area contributed by atoms with Crippen LogP contribution in [0.15, 0.2) is 12.4 Å². The molecule has 0 fully saturated rings. The Balaban J connectivity index is 2.08. The second-order valence-electron chi connectivity index (χ2n) is 5.98. The number of rotatable bonds is 7. The van der Waals surface area contributed by atoms with E-state index < -0.39 is 10.8 Å². The fourth-order valence-electron chi connectivity index (χ4n) is 1.66. The lowest BCUT2D eigenvalue weighted by atomic mass is 10.3. The van der Waals surface area contributed by atoms with E-state index in [0.29, 0.717) is 18.8 Å². The van der Waals surface area contributed by atoms with Crippen molar-refractivity contribution >= 4 is 16.8 Å². The lowest BCUT2D eigenvalue weighted by Crippen LogP contribution is -2.39.